The second-order valence-electron chi connectivity index (χ2n) is 4.84. The van der Waals surface area contributed by atoms with Crippen LogP contribution in [0.25, 0.3) is 0 Å². The molecule has 0 unspecified atom stereocenters. The molecular weight excluding hydrogens is 235 g/mol. The molecule has 0 saturated carbocycles. The van der Waals surface area contributed by atoms with Crippen molar-refractivity contribution in [2.45, 2.75) is 26.4 Å². The quantitative estimate of drug-likeness (QED) is 0.481. The molecule has 0 aliphatic rings. The third-order valence-electron chi connectivity index (χ3n) is 2.12. The van der Waals surface area contributed by atoms with Crippen LogP contribution in [0.5, 0.6) is 5.75 Å². The van der Waals surface area contributed by atoms with Crippen LogP contribution in [0.1, 0.15) is 26.3 Å². The van der Waals surface area contributed by atoms with Crippen LogP contribution in [0.4, 0.5) is 4.39 Å². The molecule has 3 N–H and O–H groups in total. The Labute approximate surface area is 106 Å². The summed E-state index contributed by atoms with van der Waals surface area (Å²) in [5.41, 5.74) is 5.07. The van der Waals surface area contributed by atoms with E-state index >= 15 is 0 Å². The van der Waals surface area contributed by atoms with E-state index < -0.39 is 5.82 Å². The van der Waals surface area contributed by atoms with Crippen LogP contribution in [-0.4, -0.2) is 24.7 Å². The summed E-state index contributed by atoms with van der Waals surface area (Å²) in [5, 5.41) is 7.32. The molecule has 4 nitrogen and oxygen atoms in total. The fraction of sp³-hybridized carbons (Fsp3) is 0.462. The molecule has 5 heteroatoms. The highest BCUT2D eigenvalue weighted by Gasteiger charge is 2.13. The van der Waals surface area contributed by atoms with E-state index in [0.717, 1.165) is 0 Å². The largest absolute Gasteiger partial charge is 0.490 e. The van der Waals surface area contributed by atoms with E-state index in [0.29, 0.717) is 6.61 Å². The molecule has 1 rings (SSSR count). The fourth-order valence-electron chi connectivity index (χ4n) is 1.39. The van der Waals surface area contributed by atoms with Gasteiger partial charge in [0, 0.05) is 0 Å². The highest BCUT2D eigenvalue weighted by atomic mass is 19.1. The number of hydrogen-bond acceptors (Lipinski definition) is 3. The van der Waals surface area contributed by atoms with Crippen LogP contribution < -0.4 is 10.5 Å². The van der Waals surface area contributed by atoms with Crippen molar-refractivity contribution < 1.29 is 13.9 Å². The van der Waals surface area contributed by atoms with Crippen molar-refractivity contribution in [3.63, 3.8) is 0 Å². The molecule has 0 spiro atoms. The predicted molar refractivity (Wildman–Crippen MR) is 68.6 cm³/mol. The second-order valence-corrected chi connectivity index (χ2v) is 4.84. The second kappa shape index (κ2) is 5.82. The maximum Gasteiger partial charge on any atom is 0.137 e. The van der Waals surface area contributed by atoms with Crippen molar-refractivity contribution in [1.29, 1.82) is 5.41 Å². The van der Waals surface area contributed by atoms with Gasteiger partial charge in [-0.25, -0.2) is 4.39 Å². The van der Waals surface area contributed by atoms with Crippen molar-refractivity contribution in [2.75, 3.05) is 13.2 Å². The Bertz CT molecular complexity index is 427. The molecule has 100 valence electrons. The standard InChI is InChI=1S/C13H19FN2O2/c1-13(2,3)18-8-7-17-10-6-4-5-9(14)11(10)12(15)16/h4-6H,7-8H2,1-3H3,(H3,15,16). The van der Waals surface area contributed by atoms with Gasteiger partial charge in [0.25, 0.3) is 0 Å². The van der Waals surface area contributed by atoms with Gasteiger partial charge in [-0.1, -0.05) is 6.07 Å². The number of nitrogen functional groups attached to an aromatic ring is 1. The SMILES string of the molecule is CC(C)(C)OCCOc1cccc(F)c1C(=N)N. The van der Waals surface area contributed by atoms with Crippen molar-refractivity contribution in [3.05, 3.63) is 29.6 Å². The monoisotopic (exact) mass is 254 g/mol. The molecule has 0 heterocycles. The molecule has 0 bridgehead atoms. The summed E-state index contributed by atoms with van der Waals surface area (Å²) < 4.78 is 24.3. The molecule has 0 amide bonds. The van der Waals surface area contributed by atoms with Crippen molar-refractivity contribution >= 4 is 5.84 Å². The first-order chi connectivity index (χ1) is 8.31. The number of benzene rings is 1. The first kappa shape index (κ1) is 14.4. The minimum Gasteiger partial charge on any atom is -0.490 e. The summed E-state index contributed by atoms with van der Waals surface area (Å²) in [6.07, 6.45) is 0. The maximum absolute atomic E-state index is 13.5. The summed E-state index contributed by atoms with van der Waals surface area (Å²) in [6.45, 7) is 6.49. The summed E-state index contributed by atoms with van der Waals surface area (Å²) in [4.78, 5) is 0. The van der Waals surface area contributed by atoms with Crippen LogP contribution >= 0.6 is 0 Å². The first-order valence-corrected chi connectivity index (χ1v) is 5.71. The summed E-state index contributed by atoms with van der Waals surface area (Å²) in [6, 6.07) is 4.34. The number of rotatable bonds is 5. The van der Waals surface area contributed by atoms with Crippen LogP contribution in [0.15, 0.2) is 18.2 Å². The minimum absolute atomic E-state index is 0.00624. The first-order valence-electron chi connectivity index (χ1n) is 5.71. The average Bonchev–Trinajstić information content (AvgIpc) is 2.22. The van der Waals surface area contributed by atoms with Gasteiger partial charge < -0.3 is 15.2 Å². The van der Waals surface area contributed by atoms with Crippen LogP contribution in [-0.2, 0) is 4.74 Å². The molecule has 0 fully saturated rings. The number of nitrogens with one attached hydrogen (secondary N) is 1. The Morgan fingerprint density at radius 1 is 1.33 bits per heavy atom. The van der Waals surface area contributed by atoms with Crippen LogP contribution in [0.3, 0.4) is 0 Å². The van der Waals surface area contributed by atoms with Gasteiger partial charge in [-0.15, -0.1) is 0 Å². The van der Waals surface area contributed by atoms with Crippen LogP contribution in [0, 0.1) is 11.2 Å². The topological polar surface area (TPSA) is 68.3 Å². The number of halogens is 1. The van der Waals surface area contributed by atoms with Gasteiger partial charge in [-0.3, -0.25) is 5.41 Å². The van der Waals surface area contributed by atoms with Crippen molar-refractivity contribution in [3.8, 4) is 5.75 Å². The lowest BCUT2D eigenvalue weighted by atomic mass is 10.1. The van der Waals surface area contributed by atoms with E-state index in [1.54, 1.807) is 6.07 Å². The van der Waals surface area contributed by atoms with Gasteiger partial charge in [-0.2, -0.15) is 0 Å². The van der Waals surface area contributed by atoms with Gasteiger partial charge in [0.15, 0.2) is 0 Å². The zero-order valence-electron chi connectivity index (χ0n) is 10.9. The lowest BCUT2D eigenvalue weighted by Crippen LogP contribution is -2.23. The average molecular weight is 254 g/mol. The molecule has 1 aromatic rings. The molecular formula is C13H19FN2O2. The molecule has 1 aromatic carbocycles. The van der Waals surface area contributed by atoms with E-state index in [9.17, 15) is 4.39 Å². The molecule has 0 radical (unpaired) electrons. The zero-order chi connectivity index (χ0) is 13.8. The number of hydrogen-bond donors (Lipinski definition) is 2. The van der Waals surface area contributed by atoms with E-state index in [4.69, 9.17) is 20.6 Å². The lowest BCUT2D eigenvalue weighted by molar-refractivity contribution is -0.0163. The Morgan fingerprint density at radius 2 is 2.00 bits per heavy atom. The van der Waals surface area contributed by atoms with Gasteiger partial charge in [0.05, 0.1) is 17.8 Å². The normalized spacial score (nSPS) is 11.3. The summed E-state index contributed by atoms with van der Waals surface area (Å²) in [7, 11) is 0. The van der Waals surface area contributed by atoms with Crippen molar-refractivity contribution in [1.82, 2.24) is 0 Å². The third-order valence-corrected chi connectivity index (χ3v) is 2.12. The zero-order valence-corrected chi connectivity index (χ0v) is 10.9. The Balaban J connectivity index is 2.63. The Hall–Kier alpha value is -1.62. The summed E-state index contributed by atoms with van der Waals surface area (Å²) >= 11 is 0. The molecule has 0 aliphatic carbocycles. The number of nitrogens with two attached hydrogens (primary N) is 1. The van der Waals surface area contributed by atoms with Crippen LogP contribution in [0.2, 0.25) is 0 Å². The van der Waals surface area contributed by atoms with Gasteiger partial charge in [0.1, 0.15) is 24.0 Å². The molecule has 0 aromatic heterocycles. The van der Waals surface area contributed by atoms with E-state index in [1.807, 2.05) is 20.8 Å². The predicted octanol–water partition coefficient (Wildman–Crippen LogP) is 2.30. The molecule has 0 aliphatic heterocycles. The minimum atomic E-state index is -0.559. The Kier molecular flexibility index (Phi) is 4.67. The molecule has 0 atom stereocenters. The van der Waals surface area contributed by atoms with E-state index in [1.165, 1.54) is 12.1 Å². The maximum atomic E-state index is 13.5. The highest BCUT2D eigenvalue weighted by molar-refractivity contribution is 5.97. The molecule has 18 heavy (non-hydrogen) atoms. The smallest absolute Gasteiger partial charge is 0.137 e. The van der Waals surface area contributed by atoms with Gasteiger partial charge >= 0.3 is 0 Å². The number of ether oxygens (including phenoxy) is 2. The van der Waals surface area contributed by atoms with E-state index in [-0.39, 0.29) is 29.4 Å². The number of amidine groups is 1. The fourth-order valence-corrected chi connectivity index (χ4v) is 1.39. The summed E-state index contributed by atoms with van der Waals surface area (Å²) in [5.74, 6) is -0.642. The highest BCUT2D eigenvalue weighted by Crippen LogP contribution is 2.20. The molecule has 0 saturated heterocycles. The van der Waals surface area contributed by atoms with Gasteiger partial charge in [0.2, 0.25) is 0 Å². The Morgan fingerprint density at radius 3 is 2.56 bits per heavy atom. The van der Waals surface area contributed by atoms with E-state index in [2.05, 4.69) is 0 Å². The lowest BCUT2D eigenvalue weighted by Gasteiger charge is -2.20. The van der Waals surface area contributed by atoms with Gasteiger partial charge in [-0.05, 0) is 32.9 Å². The van der Waals surface area contributed by atoms with Crippen molar-refractivity contribution in [2.24, 2.45) is 5.73 Å². The third kappa shape index (κ3) is 4.33.